The Morgan fingerprint density at radius 2 is 2.38 bits per heavy atom. The summed E-state index contributed by atoms with van der Waals surface area (Å²) in [5.74, 6) is 5.96. The Hall–Kier alpha value is -2.13. The smallest absolute Gasteiger partial charge is 0.230 e. The van der Waals surface area contributed by atoms with E-state index in [1.165, 1.54) is 28.6 Å². The van der Waals surface area contributed by atoms with Gasteiger partial charge in [-0.1, -0.05) is 23.9 Å². The second kappa shape index (κ2) is 7.63. The number of nitrogen functional groups attached to an aromatic ring is 1. The van der Waals surface area contributed by atoms with Crippen LogP contribution < -0.4 is 11.2 Å². The number of rotatable bonds is 6. The van der Waals surface area contributed by atoms with Gasteiger partial charge in [-0.05, 0) is 25.0 Å². The number of carbonyl (C=O) groups is 1. The molecule has 1 atom stereocenters. The van der Waals surface area contributed by atoms with E-state index in [1.807, 2.05) is 0 Å². The van der Waals surface area contributed by atoms with Gasteiger partial charge in [0.05, 0.1) is 11.9 Å². The summed E-state index contributed by atoms with van der Waals surface area (Å²) >= 11 is 1.18. The number of ether oxygens (including phenoxy) is 1. The molecule has 9 heteroatoms. The summed E-state index contributed by atoms with van der Waals surface area (Å²) in [6, 6.07) is 5.94. The van der Waals surface area contributed by atoms with E-state index in [4.69, 9.17) is 10.6 Å². The van der Waals surface area contributed by atoms with Gasteiger partial charge in [-0.3, -0.25) is 4.79 Å². The number of benzene rings is 1. The molecule has 128 valence electrons. The zero-order chi connectivity index (χ0) is 16.9. The van der Waals surface area contributed by atoms with Crippen molar-refractivity contribution in [2.75, 3.05) is 24.7 Å². The van der Waals surface area contributed by atoms with E-state index in [-0.39, 0.29) is 23.6 Å². The van der Waals surface area contributed by atoms with Crippen molar-refractivity contribution in [1.29, 1.82) is 0 Å². The average molecular weight is 351 g/mol. The first kappa shape index (κ1) is 16.7. The quantitative estimate of drug-likeness (QED) is 0.599. The molecule has 3 N–H and O–H groups in total. The third-order valence-electron chi connectivity index (χ3n) is 3.63. The fourth-order valence-electron chi connectivity index (χ4n) is 2.41. The number of thioether (sulfide) groups is 1. The SMILES string of the molecule is Nn1c(SCC(=O)NC[C@@H]2CCCO2)nnc1-c1cccc(F)c1. The molecule has 2 aromatic rings. The molecule has 7 nitrogen and oxygen atoms in total. The molecule has 0 radical (unpaired) electrons. The lowest BCUT2D eigenvalue weighted by Crippen LogP contribution is -2.33. The highest BCUT2D eigenvalue weighted by molar-refractivity contribution is 7.99. The molecule has 2 heterocycles. The van der Waals surface area contributed by atoms with Crippen LogP contribution in [-0.4, -0.2) is 45.8 Å². The standard InChI is InChI=1S/C15H18FN5O2S/c16-11-4-1-3-10(7-11)14-19-20-15(21(14)17)24-9-13(22)18-8-12-5-2-6-23-12/h1,3-4,7,12H,2,5-6,8-9,17H2,(H,18,22)/t12-/m0/s1. The van der Waals surface area contributed by atoms with E-state index >= 15 is 0 Å². The van der Waals surface area contributed by atoms with Gasteiger partial charge in [0, 0.05) is 18.7 Å². The van der Waals surface area contributed by atoms with Crippen LogP contribution in [0.1, 0.15) is 12.8 Å². The number of nitrogens with one attached hydrogen (secondary N) is 1. The number of carbonyl (C=O) groups excluding carboxylic acids is 1. The average Bonchev–Trinajstić information content (AvgIpc) is 3.21. The number of hydrogen-bond donors (Lipinski definition) is 2. The highest BCUT2D eigenvalue weighted by atomic mass is 32.2. The van der Waals surface area contributed by atoms with Gasteiger partial charge in [-0.2, -0.15) is 0 Å². The van der Waals surface area contributed by atoms with E-state index < -0.39 is 0 Å². The van der Waals surface area contributed by atoms with Gasteiger partial charge in [0.1, 0.15) is 5.82 Å². The predicted molar refractivity (Wildman–Crippen MR) is 88.3 cm³/mol. The Bertz CT molecular complexity index is 718. The maximum Gasteiger partial charge on any atom is 0.230 e. The lowest BCUT2D eigenvalue weighted by Gasteiger charge is -2.10. The van der Waals surface area contributed by atoms with Crippen LogP contribution in [0.25, 0.3) is 11.4 Å². The largest absolute Gasteiger partial charge is 0.376 e. The van der Waals surface area contributed by atoms with Crippen LogP contribution in [0.2, 0.25) is 0 Å². The summed E-state index contributed by atoms with van der Waals surface area (Å²) in [6.07, 6.45) is 2.12. The lowest BCUT2D eigenvalue weighted by atomic mass is 10.2. The summed E-state index contributed by atoms with van der Waals surface area (Å²) in [7, 11) is 0. The molecule has 0 saturated carbocycles. The highest BCUT2D eigenvalue weighted by Gasteiger charge is 2.17. The summed E-state index contributed by atoms with van der Waals surface area (Å²) in [6.45, 7) is 1.28. The number of hydrogen-bond acceptors (Lipinski definition) is 6. The van der Waals surface area contributed by atoms with E-state index in [9.17, 15) is 9.18 Å². The molecule has 0 spiro atoms. The van der Waals surface area contributed by atoms with Crippen molar-refractivity contribution >= 4 is 17.7 Å². The normalized spacial score (nSPS) is 17.1. The Labute approximate surface area is 142 Å². The van der Waals surface area contributed by atoms with Crippen LogP contribution in [0.15, 0.2) is 29.4 Å². The topological polar surface area (TPSA) is 95.1 Å². The molecule has 3 rings (SSSR count). The van der Waals surface area contributed by atoms with Gasteiger partial charge >= 0.3 is 0 Å². The lowest BCUT2D eigenvalue weighted by molar-refractivity contribution is -0.119. The van der Waals surface area contributed by atoms with Crippen molar-refractivity contribution in [1.82, 2.24) is 20.2 Å². The molecule has 1 aliphatic heterocycles. The first-order valence-corrected chi connectivity index (χ1v) is 8.59. The Kier molecular flexibility index (Phi) is 5.31. The van der Waals surface area contributed by atoms with Crippen molar-refractivity contribution in [2.24, 2.45) is 0 Å². The number of aromatic nitrogens is 3. The van der Waals surface area contributed by atoms with Crippen LogP contribution in [0.4, 0.5) is 4.39 Å². The minimum Gasteiger partial charge on any atom is -0.376 e. The first-order valence-electron chi connectivity index (χ1n) is 7.61. The molecule has 1 saturated heterocycles. The van der Waals surface area contributed by atoms with Gasteiger partial charge in [-0.25, -0.2) is 9.07 Å². The monoisotopic (exact) mass is 351 g/mol. The maximum atomic E-state index is 13.3. The maximum absolute atomic E-state index is 13.3. The number of amides is 1. The molecule has 24 heavy (non-hydrogen) atoms. The summed E-state index contributed by atoms with van der Waals surface area (Å²) in [4.78, 5) is 11.9. The molecule has 0 unspecified atom stereocenters. The molecule has 1 aromatic carbocycles. The molecule has 0 bridgehead atoms. The zero-order valence-electron chi connectivity index (χ0n) is 12.9. The van der Waals surface area contributed by atoms with Crippen molar-refractivity contribution < 1.29 is 13.9 Å². The highest BCUT2D eigenvalue weighted by Crippen LogP contribution is 2.22. The Morgan fingerprint density at radius 3 is 3.12 bits per heavy atom. The van der Waals surface area contributed by atoms with Crippen molar-refractivity contribution in [3.8, 4) is 11.4 Å². The fourth-order valence-corrected chi connectivity index (χ4v) is 3.10. The molecule has 1 fully saturated rings. The first-order chi connectivity index (χ1) is 11.6. The summed E-state index contributed by atoms with van der Waals surface area (Å²) in [5.41, 5.74) is 0.527. The summed E-state index contributed by atoms with van der Waals surface area (Å²) < 4.78 is 20.0. The van der Waals surface area contributed by atoms with Crippen LogP contribution >= 0.6 is 11.8 Å². The minimum atomic E-state index is -0.377. The van der Waals surface area contributed by atoms with E-state index in [0.717, 1.165) is 19.4 Å². The van der Waals surface area contributed by atoms with E-state index in [2.05, 4.69) is 15.5 Å². The molecular weight excluding hydrogens is 333 g/mol. The van der Waals surface area contributed by atoms with Gasteiger partial charge in [0.25, 0.3) is 0 Å². The van der Waals surface area contributed by atoms with Crippen molar-refractivity contribution in [2.45, 2.75) is 24.1 Å². The zero-order valence-corrected chi connectivity index (χ0v) is 13.8. The second-order valence-electron chi connectivity index (χ2n) is 5.41. The molecule has 1 amide bonds. The molecule has 1 aromatic heterocycles. The van der Waals surface area contributed by atoms with Gasteiger partial charge in [0.2, 0.25) is 11.1 Å². The third-order valence-corrected chi connectivity index (χ3v) is 4.57. The van der Waals surface area contributed by atoms with Crippen LogP contribution in [-0.2, 0) is 9.53 Å². The summed E-state index contributed by atoms with van der Waals surface area (Å²) in [5, 5.41) is 11.1. The minimum absolute atomic E-state index is 0.108. The van der Waals surface area contributed by atoms with Crippen molar-refractivity contribution in [3.05, 3.63) is 30.1 Å². The number of nitrogens with zero attached hydrogens (tertiary/aromatic N) is 3. The van der Waals surface area contributed by atoms with Gasteiger partial charge in [-0.15, -0.1) is 10.2 Å². The number of nitrogens with two attached hydrogens (primary N) is 1. The van der Waals surface area contributed by atoms with E-state index in [1.54, 1.807) is 12.1 Å². The van der Waals surface area contributed by atoms with E-state index in [0.29, 0.717) is 23.1 Å². The Morgan fingerprint density at radius 1 is 1.50 bits per heavy atom. The predicted octanol–water partition coefficient (Wildman–Crippen LogP) is 1.19. The van der Waals surface area contributed by atoms with Crippen LogP contribution in [0.3, 0.4) is 0 Å². The molecule has 1 aliphatic rings. The van der Waals surface area contributed by atoms with Gasteiger partial charge in [0.15, 0.2) is 5.82 Å². The second-order valence-corrected chi connectivity index (χ2v) is 6.36. The molecule has 0 aliphatic carbocycles. The van der Waals surface area contributed by atoms with Gasteiger partial charge < -0.3 is 15.9 Å². The fraction of sp³-hybridized carbons (Fsp3) is 0.400. The Balaban J connectivity index is 1.55. The molecular formula is C15H18FN5O2S. The van der Waals surface area contributed by atoms with Crippen LogP contribution in [0, 0.1) is 5.82 Å². The third kappa shape index (κ3) is 4.04. The van der Waals surface area contributed by atoms with Crippen LogP contribution in [0.5, 0.6) is 0 Å². The van der Waals surface area contributed by atoms with Crippen molar-refractivity contribution in [3.63, 3.8) is 0 Å². The number of halogens is 1.